The highest BCUT2D eigenvalue weighted by atomic mass is 19.1. The van der Waals surface area contributed by atoms with E-state index in [0.29, 0.717) is 0 Å². The van der Waals surface area contributed by atoms with Gasteiger partial charge in [0.05, 0.1) is 5.69 Å². The van der Waals surface area contributed by atoms with Crippen LogP contribution in [0.25, 0.3) is 11.3 Å². The maximum atomic E-state index is 13.1. The van der Waals surface area contributed by atoms with Crippen LogP contribution < -0.4 is 10.2 Å². The summed E-state index contributed by atoms with van der Waals surface area (Å²) in [6.07, 6.45) is 4.14. The normalized spacial score (nSPS) is 15.2. The molecule has 0 spiro atoms. The monoisotopic (exact) mass is 342 g/mol. The summed E-state index contributed by atoms with van der Waals surface area (Å²) in [6.45, 7) is 4.39. The first-order valence-electron chi connectivity index (χ1n) is 8.78. The van der Waals surface area contributed by atoms with E-state index >= 15 is 0 Å². The van der Waals surface area contributed by atoms with Gasteiger partial charge in [0.2, 0.25) is 5.91 Å². The molecule has 6 heteroatoms. The van der Waals surface area contributed by atoms with Crippen LogP contribution in [0.5, 0.6) is 0 Å². The molecule has 0 atom stereocenters. The maximum Gasteiger partial charge on any atom is 0.223 e. The molecule has 0 unspecified atom stereocenters. The Bertz CT molecular complexity index is 712. The molecule has 3 rings (SSSR count). The van der Waals surface area contributed by atoms with Gasteiger partial charge < -0.3 is 10.2 Å². The summed E-state index contributed by atoms with van der Waals surface area (Å²) >= 11 is 0. The van der Waals surface area contributed by atoms with Crippen molar-refractivity contribution < 1.29 is 9.18 Å². The lowest BCUT2D eigenvalue weighted by molar-refractivity contribution is -0.125. The lowest BCUT2D eigenvalue weighted by Gasteiger charge is -2.32. The number of carbonyl (C=O) groups is 1. The van der Waals surface area contributed by atoms with Crippen molar-refractivity contribution in [1.29, 1.82) is 0 Å². The largest absolute Gasteiger partial charge is 0.356 e. The Kier molecular flexibility index (Phi) is 5.58. The fraction of sp³-hybridized carbons (Fsp3) is 0.421. The molecule has 1 saturated heterocycles. The molecule has 0 radical (unpaired) electrons. The van der Waals surface area contributed by atoms with Crippen LogP contribution in [0.4, 0.5) is 10.2 Å². The third-order valence-electron chi connectivity index (χ3n) is 4.53. The number of hydrogen-bond donors (Lipinski definition) is 1. The lowest BCUT2D eigenvalue weighted by atomic mass is 9.96. The van der Waals surface area contributed by atoms with E-state index in [4.69, 9.17) is 0 Å². The van der Waals surface area contributed by atoms with Crippen molar-refractivity contribution in [1.82, 2.24) is 15.3 Å². The second-order valence-corrected chi connectivity index (χ2v) is 6.32. The van der Waals surface area contributed by atoms with Gasteiger partial charge >= 0.3 is 0 Å². The van der Waals surface area contributed by atoms with Crippen LogP contribution in [-0.2, 0) is 4.79 Å². The molecule has 0 saturated carbocycles. The fourth-order valence-electron chi connectivity index (χ4n) is 3.06. The molecule has 1 aliphatic heterocycles. The van der Waals surface area contributed by atoms with Crippen molar-refractivity contribution in [3.05, 3.63) is 42.5 Å². The maximum absolute atomic E-state index is 13.1. The number of aromatic nitrogens is 2. The van der Waals surface area contributed by atoms with Gasteiger partial charge in [0, 0.05) is 37.2 Å². The van der Waals surface area contributed by atoms with Crippen molar-refractivity contribution in [2.24, 2.45) is 5.92 Å². The highest BCUT2D eigenvalue weighted by Crippen LogP contribution is 2.25. The summed E-state index contributed by atoms with van der Waals surface area (Å²) in [6, 6.07) is 8.21. The van der Waals surface area contributed by atoms with E-state index in [2.05, 4.69) is 27.1 Å². The van der Waals surface area contributed by atoms with Crippen molar-refractivity contribution >= 4 is 11.7 Å². The van der Waals surface area contributed by atoms with E-state index in [1.165, 1.54) is 18.5 Å². The number of carbonyl (C=O) groups excluding carboxylic acids is 1. The highest BCUT2D eigenvalue weighted by molar-refractivity contribution is 5.79. The van der Waals surface area contributed by atoms with Crippen LogP contribution in [0.2, 0.25) is 0 Å². The zero-order valence-electron chi connectivity index (χ0n) is 14.4. The smallest absolute Gasteiger partial charge is 0.223 e. The molecule has 1 aliphatic rings. The van der Waals surface area contributed by atoms with Crippen LogP contribution in [0, 0.1) is 11.7 Å². The zero-order chi connectivity index (χ0) is 17.6. The molecule has 1 N–H and O–H groups in total. The summed E-state index contributed by atoms with van der Waals surface area (Å²) < 4.78 is 13.1. The summed E-state index contributed by atoms with van der Waals surface area (Å²) in [5.74, 6) is 0.834. The second kappa shape index (κ2) is 8.05. The first-order valence-corrected chi connectivity index (χ1v) is 8.78. The van der Waals surface area contributed by atoms with Gasteiger partial charge in [-0.15, -0.1) is 0 Å². The Labute approximate surface area is 147 Å². The Morgan fingerprint density at radius 3 is 2.64 bits per heavy atom. The third kappa shape index (κ3) is 4.32. The molecule has 5 nitrogen and oxygen atoms in total. The highest BCUT2D eigenvalue weighted by Gasteiger charge is 2.25. The van der Waals surface area contributed by atoms with E-state index in [-0.39, 0.29) is 17.6 Å². The zero-order valence-corrected chi connectivity index (χ0v) is 14.4. The van der Waals surface area contributed by atoms with Gasteiger partial charge in [-0.1, -0.05) is 6.92 Å². The van der Waals surface area contributed by atoms with E-state index in [1.54, 1.807) is 12.1 Å². The van der Waals surface area contributed by atoms with Crippen LogP contribution in [0.15, 0.2) is 36.7 Å². The van der Waals surface area contributed by atoms with Crippen LogP contribution in [0.1, 0.15) is 26.2 Å². The lowest BCUT2D eigenvalue weighted by Crippen LogP contribution is -2.41. The minimum Gasteiger partial charge on any atom is -0.356 e. The van der Waals surface area contributed by atoms with Gasteiger partial charge in [0.1, 0.15) is 18.0 Å². The topological polar surface area (TPSA) is 58.1 Å². The molecule has 0 aliphatic carbocycles. The molecule has 1 aromatic carbocycles. The second-order valence-electron chi connectivity index (χ2n) is 6.32. The molecule has 1 aromatic heterocycles. The SMILES string of the molecule is CCCNC(=O)C1CCN(c2cc(-c3ccc(F)cc3)ncn2)CC1. The van der Waals surface area contributed by atoms with Gasteiger partial charge in [-0.2, -0.15) is 0 Å². The van der Waals surface area contributed by atoms with Gasteiger partial charge in [-0.3, -0.25) is 4.79 Å². The standard InChI is InChI=1S/C19H23FN4O/c1-2-9-21-19(25)15-7-10-24(11-8-15)18-12-17(22-13-23-18)14-3-5-16(20)6-4-14/h3-6,12-13,15H,2,7-11H2,1H3,(H,21,25). The number of nitrogens with zero attached hydrogens (tertiary/aromatic N) is 3. The minimum absolute atomic E-state index is 0.0845. The van der Waals surface area contributed by atoms with E-state index < -0.39 is 0 Å². The molecule has 1 amide bonds. The predicted octanol–water partition coefficient (Wildman–Crippen LogP) is 3.03. The molecular formula is C19H23FN4O. The van der Waals surface area contributed by atoms with Crippen molar-refractivity contribution in [2.75, 3.05) is 24.5 Å². The quantitative estimate of drug-likeness (QED) is 0.907. The summed E-state index contributed by atoms with van der Waals surface area (Å²) in [7, 11) is 0. The summed E-state index contributed by atoms with van der Waals surface area (Å²) in [5, 5.41) is 2.98. The Balaban J connectivity index is 1.65. The Morgan fingerprint density at radius 2 is 1.96 bits per heavy atom. The Morgan fingerprint density at radius 1 is 1.24 bits per heavy atom. The number of hydrogen-bond acceptors (Lipinski definition) is 4. The van der Waals surface area contributed by atoms with Gasteiger partial charge in [0.15, 0.2) is 0 Å². The van der Waals surface area contributed by atoms with E-state index in [1.807, 2.05) is 6.07 Å². The first-order chi connectivity index (χ1) is 12.2. The van der Waals surface area contributed by atoms with Crippen LogP contribution in [0.3, 0.4) is 0 Å². The molecular weight excluding hydrogens is 319 g/mol. The van der Waals surface area contributed by atoms with Crippen molar-refractivity contribution in [2.45, 2.75) is 26.2 Å². The fourth-order valence-corrected chi connectivity index (χ4v) is 3.06. The third-order valence-corrected chi connectivity index (χ3v) is 4.53. The average molecular weight is 342 g/mol. The summed E-state index contributed by atoms with van der Waals surface area (Å²) in [4.78, 5) is 22.9. The molecule has 2 aromatic rings. The van der Waals surface area contributed by atoms with E-state index in [9.17, 15) is 9.18 Å². The van der Waals surface area contributed by atoms with Gasteiger partial charge in [-0.25, -0.2) is 14.4 Å². The number of benzene rings is 1. The van der Waals surface area contributed by atoms with Crippen LogP contribution >= 0.6 is 0 Å². The van der Waals surface area contributed by atoms with Crippen LogP contribution in [-0.4, -0.2) is 35.5 Å². The number of piperidine rings is 1. The Hall–Kier alpha value is -2.50. The molecule has 132 valence electrons. The number of amides is 1. The first kappa shape index (κ1) is 17.3. The number of rotatable bonds is 5. The average Bonchev–Trinajstić information content (AvgIpc) is 2.67. The van der Waals surface area contributed by atoms with Crippen molar-refractivity contribution in [3.63, 3.8) is 0 Å². The number of anilines is 1. The predicted molar refractivity (Wildman–Crippen MR) is 95.7 cm³/mol. The van der Waals surface area contributed by atoms with Gasteiger partial charge in [-0.05, 0) is 43.5 Å². The minimum atomic E-state index is -0.263. The summed E-state index contributed by atoms with van der Waals surface area (Å²) in [5.41, 5.74) is 1.63. The number of nitrogens with one attached hydrogen (secondary N) is 1. The van der Waals surface area contributed by atoms with Crippen molar-refractivity contribution in [3.8, 4) is 11.3 Å². The molecule has 25 heavy (non-hydrogen) atoms. The van der Waals surface area contributed by atoms with Gasteiger partial charge in [0.25, 0.3) is 0 Å². The molecule has 2 heterocycles. The number of halogens is 1. The molecule has 0 bridgehead atoms. The molecule has 1 fully saturated rings. The van der Waals surface area contributed by atoms with E-state index in [0.717, 1.165) is 56.0 Å².